The first-order valence-corrected chi connectivity index (χ1v) is 9.84. The van der Waals surface area contributed by atoms with E-state index in [1.165, 1.54) is 0 Å². The molecule has 0 aliphatic carbocycles. The molecule has 1 unspecified atom stereocenters. The number of carbonyl (C=O) groups excluding carboxylic acids is 2. The number of piperidine rings is 1. The molecule has 1 atom stereocenters. The number of hydrogen-bond acceptors (Lipinski definition) is 5. The van der Waals surface area contributed by atoms with Crippen LogP contribution in [0.15, 0.2) is 30.3 Å². The van der Waals surface area contributed by atoms with E-state index in [9.17, 15) is 9.59 Å². The van der Waals surface area contributed by atoms with Gasteiger partial charge in [0.25, 0.3) is 0 Å². The van der Waals surface area contributed by atoms with Crippen LogP contribution in [0.4, 0.5) is 5.95 Å². The maximum Gasteiger partial charge on any atom is 0.232 e. The Morgan fingerprint density at radius 1 is 1.24 bits per heavy atom. The molecular weight excluding hydrogens is 392 g/mol. The first-order chi connectivity index (χ1) is 13.6. The van der Waals surface area contributed by atoms with Crippen molar-refractivity contribution >= 4 is 30.2 Å². The van der Waals surface area contributed by atoms with E-state index in [1.54, 1.807) is 16.6 Å². The van der Waals surface area contributed by atoms with Crippen LogP contribution in [-0.4, -0.2) is 51.1 Å². The molecule has 1 aromatic carbocycles. The van der Waals surface area contributed by atoms with Crippen LogP contribution >= 0.6 is 12.4 Å². The number of hydrogen-bond donors (Lipinski definition) is 2. The highest BCUT2D eigenvalue weighted by Crippen LogP contribution is 2.25. The summed E-state index contributed by atoms with van der Waals surface area (Å²) in [4.78, 5) is 31.3. The Morgan fingerprint density at radius 3 is 2.69 bits per heavy atom. The SMILES string of the molecule is Cl.Cn1nc(C2CCNCC2)nc1NC(=O)C1CC(=O)N(Cc2ccccc2)C1. The third-order valence-corrected chi connectivity index (χ3v) is 5.52. The molecule has 0 spiro atoms. The van der Waals surface area contributed by atoms with E-state index in [0.717, 1.165) is 37.3 Å². The molecule has 2 fully saturated rings. The second kappa shape index (κ2) is 9.37. The highest BCUT2D eigenvalue weighted by molar-refractivity contribution is 5.96. The van der Waals surface area contributed by atoms with E-state index in [2.05, 4.69) is 20.7 Å². The van der Waals surface area contributed by atoms with E-state index < -0.39 is 0 Å². The fourth-order valence-corrected chi connectivity index (χ4v) is 3.88. The van der Waals surface area contributed by atoms with Gasteiger partial charge in [-0.15, -0.1) is 12.4 Å². The lowest BCUT2D eigenvalue weighted by atomic mass is 9.98. The number of rotatable bonds is 5. The first kappa shape index (κ1) is 21.3. The van der Waals surface area contributed by atoms with Crippen molar-refractivity contribution in [3.63, 3.8) is 0 Å². The van der Waals surface area contributed by atoms with Gasteiger partial charge in [-0.1, -0.05) is 30.3 Å². The van der Waals surface area contributed by atoms with Crippen LogP contribution in [0.25, 0.3) is 0 Å². The van der Waals surface area contributed by atoms with Crippen molar-refractivity contribution in [2.75, 3.05) is 25.0 Å². The number of aryl methyl sites for hydroxylation is 1. The average Bonchev–Trinajstić information content (AvgIpc) is 3.26. The Balaban J connectivity index is 0.00000240. The number of benzene rings is 1. The molecule has 2 saturated heterocycles. The summed E-state index contributed by atoms with van der Waals surface area (Å²) in [5, 5.41) is 10.7. The van der Waals surface area contributed by atoms with Crippen molar-refractivity contribution in [3.8, 4) is 0 Å². The van der Waals surface area contributed by atoms with Crippen molar-refractivity contribution in [1.82, 2.24) is 25.0 Å². The Labute approximate surface area is 176 Å². The lowest BCUT2D eigenvalue weighted by Gasteiger charge is -2.19. The minimum absolute atomic E-state index is 0. The van der Waals surface area contributed by atoms with Gasteiger partial charge in [-0.05, 0) is 31.5 Å². The maximum atomic E-state index is 12.7. The molecule has 8 nitrogen and oxygen atoms in total. The van der Waals surface area contributed by atoms with Gasteiger partial charge in [-0.2, -0.15) is 10.1 Å². The minimum atomic E-state index is -0.366. The van der Waals surface area contributed by atoms with Gasteiger partial charge in [0.15, 0.2) is 5.82 Å². The first-order valence-electron chi connectivity index (χ1n) is 9.84. The van der Waals surface area contributed by atoms with Crippen LogP contribution in [0.1, 0.15) is 36.6 Å². The van der Waals surface area contributed by atoms with Gasteiger partial charge in [-0.3, -0.25) is 14.9 Å². The maximum absolute atomic E-state index is 12.7. The number of aromatic nitrogens is 3. The van der Waals surface area contributed by atoms with Crippen LogP contribution in [0.2, 0.25) is 0 Å². The highest BCUT2D eigenvalue weighted by atomic mass is 35.5. The molecule has 2 aromatic rings. The molecule has 2 amide bonds. The fraction of sp³-hybridized carbons (Fsp3) is 0.500. The summed E-state index contributed by atoms with van der Waals surface area (Å²) in [5.74, 6) is 1.04. The predicted molar refractivity (Wildman–Crippen MR) is 112 cm³/mol. The molecule has 0 bridgehead atoms. The van der Waals surface area contributed by atoms with Crippen LogP contribution in [0.5, 0.6) is 0 Å². The Kier molecular flexibility index (Phi) is 6.87. The Morgan fingerprint density at radius 2 is 1.97 bits per heavy atom. The van der Waals surface area contributed by atoms with Crippen LogP contribution in [0, 0.1) is 5.92 Å². The van der Waals surface area contributed by atoms with E-state index in [0.29, 0.717) is 25.0 Å². The van der Waals surface area contributed by atoms with Crippen molar-refractivity contribution < 1.29 is 9.59 Å². The predicted octanol–water partition coefficient (Wildman–Crippen LogP) is 1.69. The number of halogens is 1. The van der Waals surface area contributed by atoms with Gasteiger partial charge in [0.2, 0.25) is 17.8 Å². The monoisotopic (exact) mass is 418 g/mol. The summed E-state index contributed by atoms with van der Waals surface area (Å²) in [7, 11) is 1.79. The largest absolute Gasteiger partial charge is 0.338 e. The van der Waals surface area contributed by atoms with Gasteiger partial charge >= 0.3 is 0 Å². The molecule has 2 N–H and O–H groups in total. The number of likely N-dealkylation sites (tertiary alicyclic amines) is 1. The second-order valence-electron chi connectivity index (χ2n) is 7.59. The third-order valence-electron chi connectivity index (χ3n) is 5.52. The average molecular weight is 419 g/mol. The standard InChI is InChI=1S/C20H26N6O2.ClH/c1-25-20(22-18(24-25)15-7-9-21-10-8-15)23-19(28)16-11-17(27)26(13-16)12-14-5-3-2-4-6-14;/h2-6,15-16,21H,7-13H2,1H3,(H,22,23,24,28);1H. The highest BCUT2D eigenvalue weighted by Gasteiger charge is 2.35. The molecule has 4 rings (SSSR count). The van der Waals surface area contributed by atoms with E-state index in [-0.39, 0.29) is 36.6 Å². The topological polar surface area (TPSA) is 92.1 Å². The molecule has 0 saturated carbocycles. The molecule has 1 aromatic heterocycles. The van der Waals surface area contributed by atoms with Crippen LogP contribution in [-0.2, 0) is 23.2 Å². The molecule has 9 heteroatoms. The van der Waals surface area contributed by atoms with Gasteiger partial charge in [0, 0.05) is 32.5 Å². The van der Waals surface area contributed by atoms with Gasteiger partial charge in [0.1, 0.15) is 0 Å². The van der Waals surface area contributed by atoms with Crippen molar-refractivity contribution in [2.24, 2.45) is 13.0 Å². The molecule has 156 valence electrons. The Hall–Kier alpha value is -2.45. The quantitative estimate of drug-likeness (QED) is 0.770. The summed E-state index contributed by atoms with van der Waals surface area (Å²) in [5.41, 5.74) is 1.07. The van der Waals surface area contributed by atoms with Crippen molar-refractivity contribution in [2.45, 2.75) is 31.7 Å². The molecular formula is C20H27ClN6O2. The fourth-order valence-electron chi connectivity index (χ4n) is 3.88. The lowest BCUT2D eigenvalue weighted by molar-refractivity contribution is -0.128. The normalized spacial score (nSPS) is 19.8. The smallest absolute Gasteiger partial charge is 0.232 e. The van der Waals surface area contributed by atoms with Crippen LogP contribution in [0.3, 0.4) is 0 Å². The van der Waals surface area contributed by atoms with Gasteiger partial charge < -0.3 is 10.2 Å². The lowest BCUT2D eigenvalue weighted by Crippen LogP contribution is -2.28. The summed E-state index contributed by atoms with van der Waals surface area (Å²) in [6.07, 6.45) is 2.24. The molecule has 29 heavy (non-hydrogen) atoms. The molecule has 0 radical (unpaired) electrons. The number of carbonyl (C=O) groups is 2. The zero-order valence-electron chi connectivity index (χ0n) is 16.5. The molecule has 2 aliphatic rings. The van der Waals surface area contributed by atoms with Crippen molar-refractivity contribution in [3.05, 3.63) is 41.7 Å². The van der Waals surface area contributed by atoms with Crippen LogP contribution < -0.4 is 10.6 Å². The summed E-state index contributed by atoms with van der Waals surface area (Å²) in [6.45, 7) is 2.89. The van der Waals surface area contributed by atoms with Gasteiger partial charge in [-0.25, -0.2) is 4.68 Å². The van der Waals surface area contributed by atoms with Crippen molar-refractivity contribution in [1.29, 1.82) is 0 Å². The Bertz CT molecular complexity index is 850. The van der Waals surface area contributed by atoms with E-state index >= 15 is 0 Å². The molecule has 2 aliphatic heterocycles. The third kappa shape index (κ3) is 4.94. The zero-order valence-corrected chi connectivity index (χ0v) is 17.3. The number of nitrogens with one attached hydrogen (secondary N) is 2. The van der Waals surface area contributed by atoms with E-state index in [1.807, 2.05) is 30.3 Å². The zero-order chi connectivity index (χ0) is 19.5. The summed E-state index contributed by atoms with van der Waals surface area (Å²) >= 11 is 0. The minimum Gasteiger partial charge on any atom is -0.338 e. The number of anilines is 1. The number of amides is 2. The van der Waals surface area contributed by atoms with E-state index in [4.69, 9.17) is 0 Å². The summed E-state index contributed by atoms with van der Waals surface area (Å²) in [6, 6.07) is 9.83. The second-order valence-corrected chi connectivity index (χ2v) is 7.59. The molecule has 3 heterocycles. The van der Waals surface area contributed by atoms with Gasteiger partial charge in [0.05, 0.1) is 5.92 Å². The summed E-state index contributed by atoms with van der Waals surface area (Å²) < 4.78 is 1.62. The number of nitrogens with zero attached hydrogens (tertiary/aromatic N) is 4.